The van der Waals surface area contributed by atoms with Gasteiger partial charge in [0.15, 0.2) is 0 Å². The van der Waals surface area contributed by atoms with E-state index in [2.05, 4.69) is 31.3 Å². The summed E-state index contributed by atoms with van der Waals surface area (Å²) in [7, 11) is 0. The fourth-order valence-electron chi connectivity index (χ4n) is 2.85. The number of hydrogen-bond donors (Lipinski definition) is 2. The number of aryl methyl sites for hydroxylation is 2. The van der Waals surface area contributed by atoms with Gasteiger partial charge in [-0.3, -0.25) is 0 Å². The predicted octanol–water partition coefficient (Wildman–Crippen LogP) is 1.86. The van der Waals surface area contributed by atoms with Crippen LogP contribution in [0.15, 0.2) is 12.1 Å². The van der Waals surface area contributed by atoms with Crippen LogP contribution in [0.3, 0.4) is 0 Å². The molecule has 94 valence electrons. The zero-order valence-electron chi connectivity index (χ0n) is 10.9. The third-order valence-electron chi connectivity index (χ3n) is 3.76. The molecule has 0 saturated carbocycles. The van der Waals surface area contributed by atoms with E-state index in [1.807, 2.05) is 0 Å². The molecule has 0 bridgehead atoms. The summed E-state index contributed by atoms with van der Waals surface area (Å²) in [6.45, 7) is 5.40. The van der Waals surface area contributed by atoms with Gasteiger partial charge in [-0.1, -0.05) is 26.0 Å². The second-order valence-electron chi connectivity index (χ2n) is 4.88. The first-order chi connectivity index (χ1) is 8.28. The lowest BCUT2D eigenvalue weighted by atomic mass is 9.97. The van der Waals surface area contributed by atoms with E-state index in [1.54, 1.807) is 0 Å². The molecule has 2 heteroatoms. The van der Waals surface area contributed by atoms with Gasteiger partial charge in [0.25, 0.3) is 0 Å². The molecule has 0 saturated heterocycles. The maximum absolute atomic E-state index is 8.85. The molecule has 2 rings (SSSR count). The van der Waals surface area contributed by atoms with Crippen LogP contribution < -0.4 is 5.32 Å². The molecule has 0 fully saturated rings. The van der Waals surface area contributed by atoms with Gasteiger partial charge in [0.05, 0.1) is 6.61 Å². The maximum atomic E-state index is 8.85. The van der Waals surface area contributed by atoms with E-state index < -0.39 is 0 Å². The van der Waals surface area contributed by atoms with Crippen LogP contribution in [0.25, 0.3) is 0 Å². The van der Waals surface area contributed by atoms with Crippen molar-refractivity contribution < 1.29 is 5.11 Å². The van der Waals surface area contributed by atoms with Gasteiger partial charge < -0.3 is 10.4 Å². The third-order valence-corrected chi connectivity index (χ3v) is 3.76. The van der Waals surface area contributed by atoms with Crippen molar-refractivity contribution in [3.8, 4) is 0 Å². The SMILES string of the molecule is CCc1cc2c(cc1CC)CC(NCCO)C2. The van der Waals surface area contributed by atoms with Crippen molar-refractivity contribution in [1.29, 1.82) is 0 Å². The number of aliphatic hydroxyl groups excluding tert-OH is 1. The Bertz CT molecular complexity index is 354. The minimum atomic E-state index is 0.229. The molecule has 0 aromatic heterocycles. The van der Waals surface area contributed by atoms with E-state index >= 15 is 0 Å². The maximum Gasteiger partial charge on any atom is 0.0556 e. The molecular formula is C15H23NO. The first kappa shape index (κ1) is 12.6. The van der Waals surface area contributed by atoms with Gasteiger partial charge in [0.2, 0.25) is 0 Å². The number of hydrogen-bond acceptors (Lipinski definition) is 2. The lowest BCUT2D eigenvalue weighted by Gasteiger charge is -2.09. The van der Waals surface area contributed by atoms with Crippen molar-refractivity contribution in [3.63, 3.8) is 0 Å². The van der Waals surface area contributed by atoms with E-state index in [9.17, 15) is 0 Å². The molecule has 1 aliphatic rings. The Balaban J connectivity index is 2.15. The Kier molecular flexibility index (Phi) is 4.19. The van der Waals surface area contributed by atoms with E-state index in [0.717, 1.165) is 25.7 Å². The minimum absolute atomic E-state index is 0.229. The number of nitrogens with one attached hydrogen (secondary N) is 1. The Hall–Kier alpha value is -0.860. The van der Waals surface area contributed by atoms with Crippen molar-refractivity contribution in [2.75, 3.05) is 13.2 Å². The average Bonchev–Trinajstić information content (AvgIpc) is 2.76. The number of benzene rings is 1. The molecule has 0 unspecified atom stereocenters. The predicted molar refractivity (Wildman–Crippen MR) is 71.5 cm³/mol. The molecule has 0 amide bonds. The third kappa shape index (κ3) is 2.70. The highest BCUT2D eigenvalue weighted by Gasteiger charge is 2.21. The van der Waals surface area contributed by atoms with E-state index in [-0.39, 0.29) is 6.61 Å². The molecule has 1 aromatic rings. The average molecular weight is 233 g/mol. The zero-order valence-corrected chi connectivity index (χ0v) is 10.9. The molecule has 2 N–H and O–H groups in total. The van der Waals surface area contributed by atoms with Gasteiger partial charge in [-0.2, -0.15) is 0 Å². The topological polar surface area (TPSA) is 32.3 Å². The second kappa shape index (κ2) is 5.65. The Morgan fingerprint density at radius 1 is 1.12 bits per heavy atom. The first-order valence-corrected chi connectivity index (χ1v) is 6.76. The number of fused-ring (bicyclic) bond motifs is 1. The summed E-state index contributed by atoms with van der Waals surface area (Å²) in [5.41, 5.74) is 6.03. The fraction of sp³-hybridized carbons (Fsp3) is 0.600. The summed E-state index contributed by atoms with van der Waals surface area (Å²) in [6.07, 6.45) is 4.50. The molecule has 2 nitrogen and oxygen atoms in total. The normalized spacial score (nSPS) is 15.2. The van der Waals surface area contributed by atoms with Gasteiger partial charge >= 0.3 is 0 Å². The quantitative estimate of drug-likeness (QED) is 0.813. The zero-order chi connectivity index (χ0) is 12.3. The van der Waals surface area contributed by atoms with Crippen LogP contribution in [0.5, 0.6) is 0 Å². The van der Waals surface area contributed by atoms with Gasteiger partial charge in [0, 0.05) is 12.6 Å². The van der Waals surface area contributed by atoms with Crippen LogP contribution in [0, 0.1) is 0 Å². The number of aliphatic hydroxyl groups is 1. The smallest absolute Gasteiger partial charge is 0.0556 e. The minimum Gasteiger partial charge on any atom is -0.395 e. The van der Waals surface area contributed by atoms with Crippen LogP contribution in [-0.4, -0.2) is 24.3 Å². The summed E-state index contributed by atoms with van der Waals surface area (Å²) in [6, 6.07) is 5.32. The number of rotatable bonds is 5. The van der Waals surface area contributed by atoms with Gasteiger partial charge in [-0.15, -0.1) is 0 Å². The van der Waals surface area contributed by atoms with Crippen LogP contribution in [0.2, 0.25) is 0 Å². The van der Waals surface area contributed by atoms with Crippen LogP contribution in [0.1, 0.15) is 36.1 Å². The van der Waals surface area contributed by atoms with Crippen molar-refractivity contribution >= 4 is 0 Å². The van der Waals surface area contributed by atoms with E-state index in [1.165, 1.54) is 22.3 Å². The van der Waals surface area contributed by atoms with E-state index in [0.29, 0.717) is 12.6 Å². The van der Waals surface area contributed by atoms with Gasteiger partial charge in [-0.05, 0) is 47.9 Å². The lowest BCUT2D eigenvalue weighted by molar-refractivity contribution is 0.284. The molecule has 1 aliphatic carbocycles. The summed E-state index contributed by atoms with van der Waals surface area (Å²) < 4.78 is 0. The molecular weight excluding hydrogens is 210 g/mol. The monoisotopic (exact) mass is 233 g/mol. The molecule has 0 radical (unpaired) electrons. The molecule has 17 heavy (non-hydrogen) atoms. The summed E-state index contributed by atoms with van der Waals surface area (Å²) in [5, 5.41) is 12.2. The summed E-state index contributed by atoms with van der Waals surface area (Å²) in [4.78, 5) is 0. The van der Waals surface area contributed by atoms with Crippen LogP contribution in [-0.2, 0) is 25.7 Å². The van der Waals surface area contributed by atoms with E-state index in [4.69, 9.17) is 5.11 Å². The second-order valence-corrected chi connectivity index (χ2v) is 4.88. The van der Waals surface area contributed by atoms with Crippen molar-refractivity contribution in [2.24, 2.45) is 0 Å². The standard InChI is InChI=1S/C15H23NO/c1-3-11-7-13-9-15(16-5-6-17)10-14(13)8-12(11)4-2/h7-8,15-17H,3-6,9-10H2,1-2H3. The Morgan fingerprint density at radius 3 is 2.06 bits per heavy atom. The van der Waals surface area contributed by atoms with Crippen LogP contribution >= 0.6 is 0 Å². The molecule has 0 atom stereocenters. The summed E-state index contributed by atoms with van der Waals surface area (Å²) >= 11 is 0. The van der Waals surface area contributed by atoms with Gasteiger partial charge in [0.1, 0.15) is 0 Å². The largest absolute Gasteiger partial charge is 0.395 e. The molecule has 1 aromatic carbocycles. The van der Waals surface area contributed by atoms with Crippen molar-refractivity contribution in [2.45, 2.75) is 45.6 Å². The molecule has 0 heterocycles. The van der Waals surface area contributed by atoms with Crippen molar-refractivity contribution in [1.82, 2.24) is 5.32 Å². The highest BCUT2D eigenvalue weighted by atomic mass is 16.3. The highest BCUT2D eigenvalue weighted by Crippen LogP contribution is 2.26. The Labute approximate surface area is 104 Å². The van der Waals surface area contributed by atoms with Gasteiger partial charge in [-0.25, -0.2) is 0 Å². The molecule has 0 spiro atoms. The fourth-order valence-corrected chi connectivity index (χ4v) is 2.85. The Morgan fingerprint density at radius 2 is 1.65 bits per heavy atom. The summed E-state index contributed by atoms with van der Waals surface area (Å²) in [5.74, 6) is 0. The first-order valence-electron chi connectivity index (χ1n) is 6.76. The highest BCUT2D eigenvalue weighted by molar-refractivity contribution is 5.42. The van der Waals surface area contributed by atoms with Crippen LogP contribution in [0.4, 0.5) is 0 Å². The van der Waals surface area contributed by atoms with Crippen molar-refractivity contribution in [3.05, 3.63) is 34.4 Å². The lowest BCUT2D eigenvalue weighted by Crippen LogP contribution is -2.31. The molecule has 0 aliphatic heterocycles.